The van der Waals surface area contributed by atoms with Crippen LogP contribution in [0.2, 0.25) is 0 Å². The first-order chi connectivity index (χ1) is 7.51. The van der Waals surface area contributed by atoms with Crippen LogP contribution < -0.4 is 0 Å². The lowest BCUT2D eigenvalue weighted by Crippen LogP contribution is -2.50. The normalized spacial score (nSPS) is 20.2. The van der Waals surface area contributed by atoms with Crippen LogP contribution in [-0.4, -0.2) is 59.8 Å². The maximum atomic E-state index is 9.75. The lowest BCUT2D eigenvalue weighted by molar-refractivity contribution is 0.0176. The summed E-state index contributed by atoms with van der Waals surface area (Å²) in [6.45, 7) is 12.6. The Bertz CT molecular complexity index is 181. The van der Waals surface area contributed by atoms with Gasteiger partial charge in [-0.05, 0) is 26.8 Å². The third-order valence-corrected chi connectivity index (χ3v) is 3.15. The van der Waals surface area contributed by atoms with Crippen LogP contribution in [0.25, 0.3) is 0 Å². The lowest BCUT2D eigenvalue weighted by atomic mass is 10.1. The van der Waals surface area contributed by atoms with Crippen LogP contribution in [0.15, 0.2) is 0 Å². The molecule has 0 aromatic carbocycles. The van der Waals surface area contributed by atoms with Gasteiger partial charge in [0, 0.05) is 32.7 Å². The second kappa shape index (κ2) is 6.58. The van der Waals surface area contributed by atoms with E-state index in [-0.39, 0.29) is 0 Å². The number of aliphatic hydroxyl groups is 1. The Labute approximate surface area is 100 Å². The first kappa shape index (κ1) is 13.9. The highest BCUT2D eigenvalue weighted by atomic mass is 16.3. The molecular formula is C13H28N2O. The summed E-state index contributed by atoms with van der Waals surface area (Å²) < 4.78 is 0. The van der Waals surface area contributed by atoms with Crippen LogP contribution in [-0.2, 0) is 0 Å². The van der Waals surface area contributed by atoms with Crippen molar-refractivity contribution in [3.63, 3.8) is 0 Å². The molecule has 1 heterocycles. The molecule has 0 spiro atoms. The molecule has 0 saturated carbocycles. The molecule has 1 rings (SSSR count). The number of piperazine rings is 1. The van der Waals surface area contributed by atoms with E-state index >= 15 is 0 Å². The van der Waals surface area contributed by atoms with Gasteiger partial charge in [0.05, 0.1) is 5.60 Å². The quantitative estimate of drug-likeness (QED) is 0.699. The highest BCUT2D eigenvalue weighted by Crippen LogP contribution is 2.09. The zero-order chi connectivity index (χ0) is 12.0. The molecule has 1 fully saturated rings. The van der Waals surface area contributed by atoms with Crippen molar-refractivity contribution in [1.82, 2.24) is 9.80 Å². The molecule has 0 bridgehead atoms. The van der Waals surface area contributed by atoms with E-state index in [1.54, 1.807) is 0 Å². The summed E-state index contributed by atoms with van der Waals surface area (Å²) >= 11 is 0. The van der Waals surface area contributed by atoms with Crippen LogP contribution in [0.5, 0.6) is 0 Å². The van der Waals surface area contributed by atoms with Gasteiger partial charge in [0.15, 0.2) is 0 Å². The minimum absolute atomic E-state index is 0.551. The minimum atomic E-state index is -0.551. The molecule has 1 N–H and O–H groups in total. The van der Waals surface area contributed by atoms with Crippen molar-refractivity contribution in [2.75, 3.05) is 39.3 Å². The van der Waals surface area contributed by atoms with Crippen molar-refractivity contribution in [2.45, 2.75) is 45.6 Å². The Hall–Kier alpha value is -0.120. The van der Waals surface area contributed by atoms with E-state index in [0.29, 0.717) is 0 Å². The van der Waals surface area contributed by atoms with Crippen molar-refractivity contribution < 1.29 is 5.11 Å². The van der Waals surface area contributed by atoms with Gasteiger partial charge in [0.2, 0.25) is 0 Å². The Morgan fingerprint density at radius 1 is 1.00 bits per heavy atom. The van der Waals surface area contributed by atoms with Crippen LogP contribution in [0, 0.1) is 0 Å². The maximum absolute atomic E-state index is 9.75. The molecule has 3 heteroatoms. The second-order valence-corrected chi connectivity index (χ2v) is 5.64. The fraction of sp³-hybridized carbons (Fsp3) is 1.00. The van der Waals surface area contributed by atoms with Crippen LogP contribution in [0.3, 0.4) is 0 Å². The van der Waals surface area contributed by atoms with Crippen molar-refractivity contribution in [3.8, 4) is 0 Å². The number of nitrogens with zero attached hydrogens (tertiary/aromatic N) is 2. The van der Waals surface area contributed by atoms with E-state index < -0.39 is 5.60 Å². The summed E-state index contributed by atoms with van der Waals surface area (Å²) in [4.78, 5) is 4.92. The van der Waals surface area contributed by atoms with E-state index in [2.05, 4.69) is 16.7 Å². The molecule has 0 atom stereocenters. The molecule has 0 amide bonds. The summed E-state index contributed by atoms with van der Waals surface area (Å²) in [6.07, 6.45) is 3.99. The summed E-state index contributed by atoms with van der Waals surface area (Å²) in [5, 5.41) is 9.75. The van der Waals surface area contributed by atoms with Gasteiger partial charge in [0.1, 0.15) is 0 Å². The second-order valence-electron chi connectivity index (χ2n) is 5.64. The third-order valence-electron chi connectivity index (χ3n) is 3.15. The van der Waals surface area contributed by atoms with Gasteiger partial charge in [0.25, 0.3) is 0 Å². The molecule has 16 heavy (non-hydrogen) atoms. The standard InChI is InChI=1S/C13H28N2O/c1-4-5-6-7-14-8-10-15(11-9-14)12-13(2,3)16/h16H,4-12H2,1-3H3. The maximum Gasteiger partial charge on any atom is 0.0718 e. The first-order valence-corrected chi connectivity index (χ1v) is 6.68. The van der Waals surface area contributed by atoms with Gasteiger partial charge in [-0.1, -0.05) is 19.8 Å². The zero-order valence-electron chi connectivity index (χ0n) is 11.2. The number of hydrogen-bond donors (Lipinski definition) is 1. The average Bonchev–Trinajstić information content (AvgIpc) is 2.19. The largest absolute Gasteiger partial charge is 0.389 e. The first-order valence-electron chi connectivity index (χ1n) is 6.68. The van der Waals surface area contributed by atoms with E-state index in [9.17, 15) is 5.11 Å². The van der Waals surface area contributed by atoms with E-state index in [1.165, 1.54) is 38.9 Å². The average molecular weight is 228 g/mol. The summed E-state index contributed by atoms with van der Waals surface area (Å²) in [7, 11) is 0. The summed E-state index contributed by atoms with van der Waals surface area (Å²) in [5.74, 6) is 0. The number of rotatable bonds is 6. The number of unbranched alkanes of at least 4 members (excludes halogenated alkanes) is 2. The predicted molar refractivity (Wildman–Crippen MR) is 68.7 cm³/mol. The lowest BCUT2D eigenvalue weighted by Gasteiger charge is -2.37. The summed E-state index contributed by atoms with van der Waals surface area (Å²) in [5.41, 5.74) is -0.551. The monoisotopic (exact) mass is 228 g/mol. The Kier molecular flexibility index (Phi) is 5.73. The molecule has 0 aliphatic carbocycles. The van der Waals surface area contributed by atoms with Crippen LogP contribution in [0.4, 0.5) is 0 Å². The smallest absolute Gasteiger partial charge is 0.0718 e. The van der Waals surface area contributed by atoms with E-state index in [4.69, 9.17) is 0 Å². The van der Waals surface area contributed by atoms with Crippen molar-refractivity contribution >= 4 is 0 Å². The Morgan fingerprint density at radius 3 is 2.06 bits per heavy atom. The van der Waals surface area contributed by atoms with Gasteiger partial charge < -0.3 is 10.0 Å². The molecule has 96 valence electrons. The fourth-order valence-corrected chi connectivity index (χ4v) is 2.30. The van der Waals surface area contributed by atoms with E-state index in [0.717, 1.165) is 19.6 Å². The Balaban J connectivity index is 2.13. The van der Waals surface area contributed by atoms with Crippen molar-refractivity contribution in [2.24, 2.45) is 0 Å². The van der Waals surface area contributed by atoms with Gasteiger partial charge in [-0.2, -0.15) is 0 Å². The molecule has 1 aliphatic heterocycles. The third kappa shape index (κ3) is 5.83. The van der Waals surface area contributed by atoms with Gasteiger partial charge >= 0.3 is 0 Å². The van der Waals surface area contributed by atoms with E-state index in [1.807, 2.05) is 13.8 Å². The van der Waals surface area contributed by atoms with Crippen molar-refractivity contribution in [3.05, 3.63) is 0 Å². The predicted octanol–water partition coefficient (Wildman–Crippen LogP) is 1.57. The molecule has 0 radical (unpaired) electrons. The van der Waals surface area contributed by atoms with Crippen LogP contribution >= 0.6 is 0 Å². The van der Waals surface area contributed by atoms with Crippen LogP contribution in [0.1, 0.15) is 40.0 Å². The molecule has 1 aliphatic rings. The highest BCUT2D eigenvalue weighted by Gasteiger charge is 2.22. The fourth-order valence-electron chi connectivity index (χ4n) is 2.30. The van der Waals surface area contributed by atoms with Crippen molar-refractivity contribution in [1.29, 1.82) is 0 Å². The number of hydrogen-bond acceptors (Lipinski definition) is 3. The summed E-state index contributed by atoms with van der Waals surface area (Å²) in [6, 6.07) is 0. The van der Waals surface area contributed by atoms with Gasteiger partial charge in [-0.25, -0.2) is 0 Å². The number of β-amino-alcohol motifs (C(OH)–C–C–N with tert-alkyl or cyclic N) is 1. The topological polar surface area (TPSA) is 26.7 Å². The minimum Gasteiger partial charge on any atom is -0.389 e. The molecule has 0 unspecified atom stereocenters. The SMILES string of the molecule is CCCCCN1CCN(CC(C)(C)O)CC1. The molecular weight excluding hydrogens is 200 g/mol. The highest BCUT2D eigenvalue weighted by molar-refractivity contribution is 4.77. The molecule has 0 aromatic heterocycles. The molecule has 3 nitrogen and oxygen atoms in total. The Morgan fingerprint density at radius 2 is 1.56 bits per heavy atom. The van der Waals surface area contributed by atoms with Gasteiger partial charge in [-0.3, -0.25) is 4.90 Å². The van der Waals surface area contributed by atoms with Gasteiger partial charge in [-0.15, -0.1) is 0 Å². The zero-order valence-corrected chi connectivity index (χ0v) is 11.2. The molecule has 1 saturated heterocycles. The molecule has 0 aromatic rings.